The lowest BCUT2D eigenvalue weighted by molar-refractivity contribution is -0.138. The molecule has 0 bridgehead atoms. The molecule has 2 rings (SSSR count). The quantitative estimate of drug-likeness (QED) is 0.819. The molecule has 1 saturated carbocycles. The highest BCUT2D eigenvalue weighted by Gasteiger charge is 2.39. The molecule has 4 atom stereocenters. The lowest BCUT2D eigenvalue weighted by atomic mass is 9.90. The first-order valence-electron chi connectivity index (χ1n) is 7.21. The minimum Gasteiger partial charge on any atom is -0.338 e. The number of carbonyl (C=O) groups is 1. The molecule has 98 valence electrons. The van der Waals surface area contributed by atoms with Crippen LogP contribution >= 0.6 is 0 Å². The summed E-state index contributed by atoms with van der Waals surface area (Å²) in [4.78, 5) is 14.6. The Bertz CT molecular complexity index is 279. The van der Waals surface area contributed by atoms with Crippen molar-refractivity contribution in [2.45, 2.75) is 64.5 Å². The van der Waals surface area contributed by atoms with Gasteiger partial charge in [0, 0.05) is 12.6 Å². The molecular formula is C14H26N2O. The Morgan fingerprint density at radius 2 is 2.06 bits per heavy atom. The maximum absolute atomic E-state index is 12.4. The third-order valence-corrected chi connectivity index (χ3v) is 4.82. The molecule has 2 fully saturated rings. The van der Waals surface area contributed by atoms with Gasteiger partial charge in [0.15, 0.2) is 0 Å². The van der Waals surface area contributed by atoms with Crippen LogP contribution in [0, 0.1) is 11.8 Å². The molecule has 1 heterocycles. The van der Waals surface area contributed by atoms with Gasteiger partial charge in [-0.05, 0) is 37.5 Å². The van der Waals surface area contributed by atoms with Crippen molar-refractivity contribution < 1.29 is 4.79 Å². The molecule has 3 heteroatoms. The van der Waals surface area contributed by atoms with Gasteiger partial charge in [-0.2, -0.15) is 0 Å². The van der Waals surface area contributed by atoms with Gasteiger partial charge in [0.25, 0.3) is 0 Å². The Labute approximate surface area is 105 Å². The van der Waals surface area contributed by atoms with E-state index in [1.165, 1.54) is 32.1 Å². The number of likely N-dealkylation sites (tertiary alicyclic amines) is 1. The molecule has 0 aromatic heterocycles. The minimum atomic E-state index is -0.292. The van der Waals surface area contributed by atoms with E-state index in [9.17, 15) is 4.79 Å². The van der Waals surface area contributed by atoms with E-state index in [-0.39, 0.29) is 11.9 Å². The van der Waals surface area contributed by atoms with Crippen LogP contribution in [0.4, 0.5) is 0 Å². The first-order valence-corrected chi connectivity index (χ1v) is 7.21. The molecule has 1 aliphatic carbocycles. The molecule has 17 heavy (non-hydrogen) atoms. The van der Waals surface area contributed by atoms with Crippen molar-refractivity contribution in [2.24, 2.45) is 17.6 Å². The summed E-state index contributed by atoms with van der Waals surface area (Å²) >= 11 is 0. The van der Waals surface area contributed by atoms with Gasteiger partial charge in [-0.25, -0.2) is 0 Å². The van der Waals surface area contributed by atoms with E-state index in [0.717, 1.165) is 18.9 Å². The Morgan fingerprint density at radius 3 is 2.76 bits per heavy atom. The van der Waals surface area contributed by atoms with Gasteiger partial charge >= 0.3 is 0 Å². The summed E-state index contributed by atoms with van der Waals surface area (Å²) in [5.74, 6) is 1.26. The average molecular weight is 238 g/mol. The van der Waals surface area contributed by atoms with Crippen molar-refractivity contribution in [1.29, 1.82) is 0 Å². The lowest BCUT2D eigenvalue weighted by Crippen LogP contribution is -2.54. The summed E-state index contributed by atoms with van der Waals surface area (Å²) in [6.07, 6.45) is 7.26. The van der Waals surface area contributed by atoms with E-state index in [2.05, 4.69) is 18.7 Å². The van der Waals surface area contributed by atoms with Crippen LogP contribution in [-0.4, -0.2) is 29.4 Å². The van der Waals surface area contributed by atoms with Crippen molar-refractivity contribution in [2.75, 3.05) is 6.54 Å². The zero-order valence-electron chi connectivity index (χ0n) is 11.2. The molecule has 1 saturated heterocycles. The van der Waals surface area contributed by atoms with Crippen LogP contribution < -0.4 is 5.73 Å². The zero-order chi connectivity index (χ0) is 12.4. The monoisotopic (exact) mass is 238 g/mol. The van der Waals surface area contributed by atoms with Crippen molar-refractivity contribution in [3.05, 3.63) is 0 Å². The normalized spacial score (nSPS) is 32.1. The molecule has 0 radical (unpaired) electrons. The molecule has 0 aromatic rings. The predicted molar refractivity (Wildman–Crippen MR) is 69.5 cm³/mol. The second-order valence-corrected chi connectivity index (χ2v) is 5.84. The van der Waals surface area contributed by atoms with Gasteiger partial charge in [-0.1, -0.05) is 26.7 Å². The van der Waals surface area contributed by atoms with Crippen LogP contribution in [0.5, 0.6) is 0 Å². The van der Waals surface area contributed by atoms with Crippen LogP contribution in [0.3, 0.4) is 0 Å². The highest BCUT2D eigenvalue weighted by atomic mass is 16.2. The third kappa shape index (κ3) is 2.49. The number of nitrogens with zero attached hydrogens (tertiary/aromatic N) is 1. The summed E-state index contributed by atoms with van der Waals surface area (Å²) in [5, 5.41) is 0. The van der Waals surface area contributed by atoms with E-state index >= 15 is 0 Å². The van der Waals surface area contributed by atoms with Crippen molar-refractivity contribution >= 4 is 5.91 Å². The van der Waals surface area contributed by atoms with Crippen LogP contribution in [-0.2, 0) is 4.79 Å². The topological polar surface area (TPSA) is 46.3 Å². The number of carbonyl (C=O) groups excluding carboxylic acids is 1. The molecule has 1 amide bonds. The molecule has 1 aliphatic heterocycles. The van der Waals surface area contributed by atoms with Gasteiger partial charge in [0.05, 0.1) is 6.04 Å². The number of hydrogen-bond acceptors (Lipinski definition) is 2. The van der Waals surface area contributed by atoms with Crippen LogP contribution in [0.1, 0.15) is 52.4 Å². The van der Waals surface area contributed by atoms with Crippen LogP contribution in [0.25, 0.3) is 0 Å². The van der Waals surface area contributed by atoms with Crippen molar-refractivity contribution in [3.63, 3.8) is 0 Å². The fourth-order valence-corrected chi connectivity index (χ4v) is 3.42. The third-order valence-electron chi connectivity index (χ3n) is 4.82. The number of nitrogens with two attached hydrogens (primary N) is 1. The lowest BCUT2D eigenvalue weighted by Gasteiger charge is -2.39. The van der Waals surface area contributed by atoms with Crippen molar-refractivity contribution in [3.8, 4) is 0 Å². The van der Waals surface area contributed by atoms with E-state index in [1.54, 1.807) is 0 Å². The number of piperidine rings is 1. The molecule has 2 aliphatic rings. The predicted octanol–water partition coefficient (Wildman–Crippen LogP) is 2.15. The maximum Gasteiger partial charge on any atom is 0.240 e. The SMILES string of the molecule is CCC(C)C(N)C(=O)N1CCCC2CCCC21. The van der Waals surface area contributed by atoms with Crippen LogP contribution in [0.15, 0.2) is 0 Å². The zero-order valence-corrected chi connectivity index (χ0v) is 11.2. The fraction of sp³-hybridized carbons (Fsp3) is 0.929. The fourth-order valence-electron chi connectivity index (χ4n) is 3.42. The summed E-state index contributed by atoms with van der Waals surface area (Å²) in [5.41, 5.74) is 6.09. The number of fused-ring (bicyclic) bond motifs is 1. The van der Waals surface area contributed by atoms with Crippen molar-refractivity contribution in [1.82, 2.24) is 4.90 Å². The molecule has 4 unspecified atom stereocenters. The highest BCUT2D eigenvalue weighted by molar-refractivity contribution is 5.82. The molecular weight excluding hydrogens is 212 g/mol. The second-order valence-electron chi connectivity index (χ2n) is 5.84. The van der Waals surface area contributed by atoms with Gasteiger partial charge in [-0.3, -0.25) is 4.79 Å². The van der Waals surface area contributed by atoms with Gasteiger partial charge in [-0.15, -0.1) is 0 Å². The van der Waals surface area contributed by atoms with Gasteiger partial charge in [0.2, 0.25) is 5.91 Å². The van der Waals surface area contributed by atoms with Gasteiger partial charge in [0.1, 0.15) is 0 Å². The Morgan fingerprint density at radius 1 is 1.35 bits per heavy atom. The summed E-state index contributed by atoms with van der Waals surface area (Å²) < 4.78 is 0. The Hall–Kier alpha value is -0.570. The molecule has 0 spiro atoms. The molecule has 0 aromatic carbocycles. The highest BCUT2D eigenvalue weighted by Crippen LogP contribution is 2.37. The average Bonchev–Trinajstić information content (AvgIpc) is 2.83. The van der Waals surface area contributed by atoms with Crippen LogP contribution in [0.2, 0.25) is 0 Å². The standard InChI is InChI=1S/C14H26N2O/c1-3-10(2)13(15)14(17)16-9-5-7-11-6-4-8-12(11)16/h10-13H,3-9,15H2,1-2H3. The first-order chi connectivity index (χ1) is 8.15. The largest absolute Gasteiger partial charge is 0.338 e. The maximum atomic E-state index is 12.4. The number of rotatable bonds is 3. The van der Waals surface area contributed by atoms with E-state index in [1.807, 2.05) is 0 Å². The number of hydrogen-bond donors (Lipinski definition) is 1. The molecule has 3 nitrogen and oxygen atoms in total. The summed E-state index contributed by atoms with van der Waals surface area (Å²) in [6.45, 7) is 5.12. The van der Waals surface area contributed by atoms with E-state index in [0.29, 0.717) is 12.0 Å². The summed E-state index contributed by atoms with van der Waals surface area (Å²) in [7, 11) is 0. The second kappa shape index (κ2) is 5.38. The first kappa shape index (κ1) is 12.9. The summed E-state index contributed by atoms with van der Waals surface area (Å²) in [6, 6.07) is 0.214. The number of amides is 1. The Kier molecular flexibility index (Phi) is 4.08. The smallest absolute Gasteiger partial charge is 0.240 e. The molecule has 2 N–H and O–H groups in total. The van der Waals surface area contributed by atoms with E-state index in [4.69, 9.17) is 5.73 Å². The van der Waals surface area contributed by atoms with E-state index < -0.39 is 0 Å². The van der Waals surface area contributed by atoms with Gasteiger partial charge < -0.3 is 10.6 Å². The Balaban J connectivity index is 2.02. The minimum absolute atomic E-state index is 0.205.